The highest BCUT2D eigenvalue weighted by Gasteiger charge is 2.46. The summed E-state index contributed by atoms with van der Waals surface area (Å²) in [6.45, 7) is 1.69. The zero-order valence-corrected chi connectivity index (χ0v) is 20.6. The second-order valence-electron chi connectivity index (χ2n) is 8.96. The normalized spacial score (nSPS) is 19.2. The number of aromatic nitrogens is 2. The minimum absolute atomic E-state index is 0.0252. The number of aliphatic hydroxyl groups excluding tert-OH is 1. The number of Topliss-reactive ketones (excluding diaryl/α,β-unsaturated/α-hetero) is 1. The largest absolute Gasteiger partial charge is 0.507 e. The lowest BCUT2D eigenvalue weighted by Gasteiger charge is -2.26. The molecule has 1 aromatic heterocycles. The van der Waals surface area contributed by atoms with Gasteiger partial charge in [-0.2, -0.15) is 0 Å². The van der Waals surface area contributed by atoms with Gasteiger partial charge in [0, 0.05) is 31.0 Å². The standard InChI is InChI=1S/C27H25N3O8/c1-34-20-12-17(13-21-26(20)38-15-37-21)23-22(24(31)16-3-4-18-19(11-16)36-10-9-35-18)25(32)27(33)30(23)7-2-6-29-8-5-28-14-29/h3-5,8,11-14,23,31H,2,6-7,9-10,15H2,1H3. The van der Waals surface area contributed by atoms with Gasteiger partial charge >= 0.3 is 0 Å². The molecule has 1 N–H and O–H groups in total. The summed E-state index contributed by atoms with van der Waals surface area (Å²) in [6, 6.07) is 7.43. The van der Waals surface area contributed by atoms with Crippen molar-refractivity contribution < 1.29 is 38.4 Å². The number of hydrogen-bond acceptors (Lipinski definition) is 9. The first-order chi connectivity index (χ1) is 18.5. The predicted molar refractivity (Wildman–Crippen MR) is 132 cm³/mol. The Kier molecular flexibility index (Phi) is 6.02. The molecule has 0 bridgehead atoms. The summed E-state index contributed by atoms with van der Waals surface area (Å²) in [5.41, 5.74) is 0.852. The molecule has 38 heavy (non-hydrogen) atoms. The van der Waals surface area contributed by atoms with E-state index in [0.29, 0.717) is 66.1 Å². The third-order valence-corrected chi connectivity index (χ3v) is 6.73. The van der Waals surface area contributed by atoms with Crippen molar-refractivity contribution in [3.63, 3.8) is 0 Å². The van der Waals surface area contributed by atoms with Crippen LogP contribution >= 0.6 is 0 Å². The van der Waals surface area contributed by atoms with E-state index in [9.17, 15) is 14.7 Å². The van der Waals surface area contributed by atoms with E-state index in [2.05, 4.69) is 4.98 Å². The molecule has 3 aliphatic heterocycles. The zero-order valence-electron chi connectivity index (χ0n) is 20.6. The van der Waals surface area contributed by atoms with E-state index >= 15 is 0 Å². The molecule has 0 radical (unpaired) electrons. The Balaban J connectivity index is 1.43. The SMILES string of the molecule is COc1cc(C2C(=C(O)c3ccc4c(c3)OCCO4)C(=O)C(=O)N2CCCn2ccnc2)cc2c1OCO2. The topological polar surface area (TPSA) is 122 Å². The van der Waals surface area contributed by atoms with Crippen molar-refractivity contribution in [1.29, 1.82) is 0 Å². The minimum atomic E-state index is -0.880. The van der Waals surface area contributed by atoms with Crippen LogP contribution in [0.3, 0.4) is 0 Å². The summed E-state index contributed by atoms with van der Waals surface area (Å²) < 4.78 is 29.7. The molecular formula is C27H25N3O8. The second kappa shape index (κ2) is 9.66. The third kappa shape index (κ3) is 4.05. The number of aryl methyl sites for hydroxylation is 1. The molecule has 1 atom stereocenters. The number of amides is 1. The average Bonchev–Trinajstić information content (AvgIpc) is 3.69. The number of nitrogens with zero attached hydrogens (tertiary/aromatic N) is 3. The van der Waals surface area contributed by atoms with Gasteiger partial charge in [0.05, 0.1) is 25.1 Å². The summed E-state index contributed by atoms with van der Waals surface area (Å²) in [4.78, 5) is 32.3. The smallest absolute Gasteiger partial charge is 0.295 e. The number of rotatable bonds is 7. The van der Waals surface area contributed by atoms with Crippen LogP contribution in [0.15, 0.2) is 54.6 Å². The summed E-state index contributed by atoms with van der Waals surface area (Å²) in [7, 11) is 1.50. The van der Waals surface area contributed by atoms with Crippen molar-refractivity contribution in [3.8, 4) is 28.7 Å². The average molecular weight is 520 g/mol. The van der Waals surface area contributed by atoms with Gasteiger partial charge in [0.25, 0.3) is 11.7 Å². The molecule has 11 nitrogen and oxygen atoms in total. The third-order valence-electron chi connectivity index (χ3n) is 6.73. The van der Waals surface area contributed by atoms with Gasteiger partial charge in [0.1, 0.15) is 19.0 Å². The van der Waals surface area contributed by atoms with Crippen LogP contribution in [0, 0.1) is 0 Å². The molecule has 3 aromatic rings. The molecule has 0 aliphatic carbocycles. The maximum absolute atomic E-state index is 13.4. The van der Waals surface area contributed by atoms with Crippen molar-refractivity contribution in [1.82, 2.24) is 14.5 Å². The van der Waals surface area contributed by atoms with Crippen molar-refractivity contribution in [2.24, 2.45) is 0 Å². The number of fused-ring (bicyclic) bond motifs is 2. The highest BCUT2D eigenvalue weighted by atomic mass is 16.7. The molecule has 3 aliphatic rings. The Morgan fingerprint density at radius 2 is 1.89 bits per heavy atom. The number of aliphatic hydroxyl groups is 1. The highest BCUT2D eigenvalue weighted by Crippen LogP contribution is 2.47. The molecule has 4 heterocycles. The van der Waals surface area contributed by atoms with Crippen LogP contribution in [0.2, 0.25) is 0 Å². The van der Waals surface area contributed by atoms with E-state index < -0.39 is 17.7 Å². The number of methoxy groups -OCH3 is 1. The number of ketones is 1. The molecule has 1 fully saturated rings. The Labute approximate surface area is 217 Å². The molecule has 6 rings (SSSR count). The van der Waals surface area contributed by atoms with E-state index in [4.69, 9.17) is 23.7 Å². The maximum Gasteiger partial charge on any atom is 0.295 e. The van der Waals surface area contributed by atoms with Crippen LogP contribution in [0.25, 0.3) is 5.76 Å². The van der Waals surface area contributed by atoms with Crippen LogP contribution in [0.5, 0.6) is 28.7 Å². The summed E-state index contributed by atoms with van der Waals surface area (Å²) in [6.07, 6.45) is 5.76. The van der Waals surface area contributed by atoms with E-state index in [0.717, 1.165) is 0 Å². The lowest BCUT2D eigenvalue weighted by Crippen LogP contribution is -2.31. The number of ether oxygens (including phenoxy) is 5. The fourth-order valence-corrected chi connectivity index (χ4v) is 4.95. The highest BCUT2D eigenvalue weighted by molar-refractivity contribution is 6.46. The molecule has 0 spiro atoms. The number of carbonyl (C=O) groups is 2. The van der Waals surface area contributed by atoms with Crippen LogP contribution in [0.1, 0.15) is 23.6 Å². The van der Waals surface area contributed by atoms with Gasteiger partial charge in [-0.15, -0.1) is 0 Å². The summed E-state index contributed by atoms with van der Waals surface area (Å²) in [5, 5.41) is 11.4. The van der Waals surface area contributed by atoms with Gasteiger partial charge in [-0.1, -0.05) is 0 Å². The Bertz CT molecular complexity index is 1430. The zero-order chi connectivity index (χ0) is 26.2. The molecule has 1 saturated heterocycles. The lowest BCUT2D eigenvalue weighted by molar-refractivity contribution is -0.139. The van der Waals surface area contributed by atoms with Crippen LogP contribution in [0.4, 0.5) is 0 Å². The number of imidazole rings is 1. The van der Waals surface area contributed by atoms with Crippen LogP contribution in [-0.2, 0) is 16.1 Å². The van der Waals surface area contributed by atoms with Crippen molar-refractivity contribution in [3.05, 3.63) is 65.8 Å². The lowest BCUT2D eigenvalue weighted by atomic mass is 9.94. The number of likely N-dealkylation sites (tertiary alicyclic amines) is 1. The molecule has 1 unspecified atom stereocenters. The first-order valence-electron chi connectivity index (χ1n) is 12.2. The van der Waals surface area contributed by atoms with E-state index in [1.54, 1.807) is 42.9 Å². The van der Waals surface area contributed by atoms with Crippen molar-refractivity contribution in [2.75, 3.05) is 33.7 Å². The molecule has 11 heteroatoms. The first kappa shape index (κ1) is 23.7. The molecular weight excluding hydrogens is 494 g/mol. The molecule has 2 aromatic carbocycles. The molecule has 196 valence electrons. The number of carbonyl (C=O) groups excluding carboxylic acids is 2. The van der Waals surface area contributed by atoms with Gasteiger partial charge in [-0.3, -0.25) is 9.59 Å². The fourth-order valence-electron chi connectivity index (χ4n) is 4.95. The van der Waals surface area contributed by atoms with Gasteiger partial charge in [-0.05, 0) is 42.3 Å². The van der Waals surface area contributed by atoms with E-state index in [1.165, 1.54) is 12.0 Å². The van der Waals surface area contributed by atoms with E-state index in [-0.39, 0.29) is 24.7 Å². The summed E-state index contributed by atoms with van der Waals surface area (Å²) >= 11 is 0. The minimum Gasteiger partial charge on any atom is -0.507 e. The number of hydrogen-bond donors (Lipinski definition) is 1. The monoisotopic (exact) mass is 519 g/mol. The Morgan fingerprint density at radius 1 is 1.05 bits per heavy atom. The first-order valence-corrected chi connectivity index (χ1v) is 12.2. The second-order valence-corrected chi connectivity index (χ2v) is 8.96. The van der Waals surface area contributed by atoms with Gasteiger partial charge < -0.3 is 38.3 Å². The van der Waals surface area contributed by atoms with Crippen LogP contribution in [-0.4, -0.2) is 64.9 Å². The van der Waals surface area contributed by atoms with Crippen molar-refractivity contribution in [2.45, 2.75) is 19.0 Å². The molecule has 1 amide bonds. The van der Waals surface area contributed by atoms with Gasteiger partial charge in [0.2, 0.25) is 12.5 Å². The summed E-state index contributed by atoms with van der Waals surface area (Å²) in [5.74, 6) is 0.499. The van der Waals surface area contributed by atoms with Gasteiger partial charge in [0.15, 0.2) is 23.0 Å². The number of benzene rings is 2. The predicted octanol–water partition coefficient (Wildman–Crippen LogP) is 2.90. The Hall–Kier alpha value is -4.67. The fraction of sp³-hybridized carbons (Fsp3) is 0.296. The van der Waals surface area contributed by atoms with Gasteiger partial charge in [-0.25, -0.2) is 4.98 Å². The Morgan fingerprint density at radius 3 is 2.68 bits per heavy atom. The van der Waals surface area contributed by atoms with Crippen LogP contribution < -0.4 is 23.7 Å². The quantitative estimate of drug-likeness (QED) is 0.285. The van der Waals surface area contributed by atoms with Crippen molar-refractivity contribution >= 4 is 17.4 Å². The maximum atomic E-state index is 13.4. The van der Waals surface area contributed by atoms with E-state index in [1.807, 2.05) is 10.8 Å². The molecule has 0 saturated carbocycles.